The zero-order chi connectivity index (χ0) is 23.8. The molecule has 0 bridgehead atoms. The van der Waals surface area contributed by atoms with Gasteiger partial charge in [0, 0.05) is 24.6 Å². The molecule has 5 rings (SSSR count). The predicted molar refractivity (Wildman–Crippen MR) is 138 cm³/mol. The molecule has 9 heteroatoms. The van der Waals surface area contributed by atoms with Crippen molar-refractivity contribution < 1.29 is 14.2 Å². The van der Waals surface area contributed by atoms with Crippen molar-refractivity contribution in [2.75, 3.05) is 27.4 Å². The number of benzene rings is 2. The van der Waals surface area contributed by atoms with Gasteiger partial charge in [0.25, 0.3) is 5.56 Å². The van der Waals surface area contributed by atoms with E-state index in [1.807, 2.05) is 6.92 Å². The molecule has 1 aromatic heterocycles. The average Bonchev–Trinajstić information content (AvgIpc) is 3.27. The highest BCUT2D eigenvalue weighted by molar-refractivity contribution is 5.85. The number of nitrogens with zero attached hydrogens (tertiary/aromatic N) is 1. The van der Waals surface area contributed by atoms with E-state index in [1.165, 1.54) is 29.9 Å². The van der Waals surface area contributed by atoms with Crippen molar-refractivity contribution in [3.05, 3.63) is 62.3 Å². The van der Waals surface area contributed by atoms with Crippen molar-refractivity contribution in [3.8, 4) is 17.2 Å². The SMILES string of the molecule is CCOc1cccc2c1CC[C@H]1CNC(CCn3c(=O)[nH]c4cc(OC)c(OC)cc4c3=O)[C@@H]21.Cl. The number of hydrogen-bond donors (Lipinski definition) is 2. The third kappa shape index (κ3) is 4.41. The Labute approximate surface area is 210 Å². The van der Waals surface area contributed by atoms with Gasteiger partial charge in [-0.3, -0.25) is 9.36 Å². The van der Waals surface area contributed by atoms with Gasteiger partial charge in [-0.1, -0.05) is 12.1 Å². The first kappa shape index (κ1) is 25.1. The van der Waals surface area contributed by atoms with Crippen LogP contribution in [0.4, 0.5) is 0 Å². The Morgan fingerprint density at radius 3 is 2.60 bits per heavy atom. The van der Waals surface area contributed by atoms with Crippen LogP contribution in [-0.2, 0) is 13.0 Å². The third-order valence-corrected chi connectivity index (χ3v) is 7.33. The number of fused-ring (bicyclic) bond motifs is 4. The first-order chi connectivity index (χ1) is 16.5. The fourth-order valence-corrected chi connectivity index (χ4v) is 5.75. The van der Waals surface area contributed by atoms with Gasteiger partial charge < -0.3 is 24.5 Å². The number of aromatic nitrogens is 2. The highest BCUT2D eigenvalue weighted by atomic mass is 35.5. The molecule has 8 nitrogen and oxygen atoms in total. The van der Waals surface area contributed by atoms with E-state index in [4.69, 9.17) is 14.2 Å². The molecule has 2 N–H and O–H groups in total. The van der Waals surface area contributed by atoms with E-state index in [0.29, 0.717) is 53.8 Å². The second kappa shape index (κ2) is 10.3. The highest BCUT2D eigenvalue weighted by Gasteiger charge is 2.40. The molecule has 0 saturated carbocycles. The van der Waals surface area contributed by atoms with Crippen LogP contribution in [0, 0.1) is 5.92 Å². The van der Waals surface area contributed by atoms with Crippen LogP contribution in [0.1, 0.15) is 36.8 Å². The number of halogens is 1. The topological polar surface area (TPSA) is 94.6 Å². The number of nitrogens with one attached hydrogen (secondary N) is 2. The molecule has 0 radical (unpaired) electrons. The van der Waals surface area contributed by atoms with E-state index in [2.05, 4.69) is 28.5 Å². The molecule has 2 aromatic carbocycles. The Hall–Kier alpha value is -2.97. The lowest BCUT2D eigenvalue weighted by Gasteiger charge is -2.32. The lowest BCUT2D eigenvalue weighted by molar-refractivity contribution is 0.326. The van der Waals surface area contributed by atoms with Gasteiger partial charge >= 0.3 is 5.69 Å². The second-order valence-corrected chi connectivity index (χ2v) is 9.02. The lowest BCUT2D eigenvalue weighted by Crippen LogP contribution is -2.38. The largest absolute Gasteiger partial charge is 0.494 e. The molecular weight excluding hydrogens is 470 g/mol. The van der Waals surface area contributed by atoms with Gasteiger partial charge in [-0.05, 0) is 61.9 Å². The molecule has 2 heterocycles. The summed E-state index contributed by atoms with van der Waals surface area (Å²) in [5.74, 6) is 2.80. The molecule has 1 unspecified atom stereocenters. The number of rotatable bonds is 7. The quantitative estimate of drug-likeness (QED) is 0.516. The molecule has 188 valence electrons. The van der Waals surface area contributed by atoms with E-state index in [9.17, 15) is 9.59 Å². The summed E-state index contributed by atoms with van der Waals surface area (Å²) < 4.78 is 17.8. The summed E-state index contributed by atoms with van der Waals surface area (Å²) in [4.78, 5) is 28.9. The van der Waals surface area contributed by atoms with Crippen molar-refractivity contribution in [3.63, 3.8) is 0 Å². The van der Waals surface area contributed by atoms with Gasteiger partial charge in [0.15, 0.2) is 11.5 Å². The predicted octanol–water partition coefficient (Wildman–Crippen LogP) is 3.24. The van der Waals surface area contributed by atoms with E-state index >= 15 is 0 Å². The number of methoxy groups -OCH3 is 2. The minimum absolute atomic E-state index is 0. The van der Waals surface area contributed by atoms with Crippen LogP contribution in [0.3, 0.4) is 0 Å². The van der Waals surface area contributed by atoms with Gasteiger partial charge in [-0.25, -0.2) is 4.79 Å². The van der Waals surface area contributed by atoms with E-state index in [1.54, 1.807) is 12.1 Å². The maximum Gasteiger partial charge on any atom is 0.328 e. The Kier molecular flexibility index (Phi) is 7.42. The highest BCUT2D eigenvalue weighted by Crippen LogP contribution is 2.45. The van der Waals surface area contributed by atoms with Crippen LogP contribution in [0.15, 0.2) is 39.9 Å². The summed E-state index contributed by atoms with van der Waals surface area (Å²) in [6, 6.07) is 9.77. The number of aromatic amines is 1. The normalized spacial score (nSPS) is 20.6. The summed E-state index contributed by atoms with van der Waals surface area (Å²) in [5.41, 5.74) is 2.35. The van der Waals surface area contributed by atoms with E-state index in [0.717, 1.165) is 25.1 Å². The average molecular weight is 502 g/mol. The molecule has 1 aliphatic heterocycles. The fourth-order valence-electron chi connectivity index (χ4n) is 5.75. The second-order valence-electron chi connectivity index (χ2n) is 9.02. The Balaban J connectivity index is 0.00000289. The maximum atomic E-state index is 13.2. The molecule has 1 fully saturated rings. The zero-order valence-corrected chi connectivity index (χ0v) is 21.1. The summed E-state index contributed by atoms with van der Waals surface area (Å²) in [5, 5.41) is 4.07. The zero-order valence-electron chi connectivity index (χ0n) is 20.3. The summed E-state index contributed by atoms with van der Waals surface area (Å²) >= 11 is 0. The Bertz CT molecular complexity index is 1340. The molecular formula is C26H32ClN3O5. The summed E-state index contributed by atoms with van der Waals surface area (Å²) in [6.45, 7) is 3.94. The maximum absolute atomic E-state index is 13.2. The van der Waals surface area contributed by atoms with Crippen LogP contribution < -0.4 is 30.8 Å². The molecule has 0 spiro atoms. The summed E-state index contributed by atoms with van der Waals surface area (Å²) in [6.07, 6.45) is 2.82. The van der Waals surface area contributed by atoms with E-state index < -0.39 is 5.69 Å². The van der Waals surface area contributed by atoms with Crippen LogP contribution >= 0.6 is 12.4 Å². The van der Waals surface area contributed by atoms with Crippen molar-refractivity contribution >= 4 is 23.3 Å². The van der Waals surface area contributed by atoms with Crippen LogP contribution in [0.2, 0.25) is 0 Å². The smallest absolute Gasteiger partial charge is 0.328 e. The third-order valence-electron chi connectivity index (χ3n) is 7.33. The monoisotopic (exact) mass is 501 g/mol. The fraction of sp³-hybridized carbons (Fsp3) is 0.462. The first-order valence-corrected chi connectivity index (χ1v) is 11.9. The minimum Gasteiger partial charge on any atom is -0.494 e. The van der Waals surface area contributed by atoms with Gasteiger partial charge in [-0.2, -0.15) is 0 Å². The van der Waals surface area contributed by atoms with Gasteiger partial charge in [0.2, 0.25) is 0 Å². The van der Waals surface area contributed by atoms with Crippen LogP contribution in [-0.4, -0.2) is 43.0 Å². The molecule has 2 aliphatic rings. The molecule has 0 amide bonds. The van der Waals surface area contributed by atoms with Crippen molar-refractivity contribution in [2.24, 2.45) is 5.92 Å². The van der Waals surface area contributed by atoms with E-state index in [-0.39, 0.29) is 24.0 Å². The molecule has 1 saturated heterocycles. The van der Waals surface area contributed by atoms with Crippen LogP contribution in [0.5, 0.6) is 17.2 Å². The van der Waals surface area contributed by atoms with Crippen molar-refractivity contribution in [2.45, 2.75) is 44.7 Å². The first-order valence-electron chi connectivity index (χ1n) is 11.9. The van der Waals surface area contributed by atoms with Crippen LogP contribution in [0.25, 0.3) is 10.9 Å². The Morgan fingerprint density at radius 1 is 1.09 bits per heavy atom. The minimum atomic E-state index is -0.415. The molecule has 3 aromatic rings. The summed E-state index contributed by atoms with van der Waals surface area (Å²) in [7, 11) is 3.04. The van der Waals surface area contributed by atoms with Gasteiger partial charge in [0.1, 0.15) is 5.75 Å². The number of ether oxygens (including phenoxy) is 3. The van der Waals surface area contributed by atoms with Gasteiger partial charge in [0.05, 0.1) is 31.7 Å². The standard InChI is InChI=1S/C26H31N3O5.ClH/c1-4-34-21-7-5-6-17-16(21)9-8-15-14-27-19(24(15)17)10-11-29-25(30)18-12-22(32-2)23(33-3)13-20(18)28-26(29)31;/h5-7,12-13,15,19,24,27H,4,8-11,14H2,1-3H3,(H,28,31);1H/t15-,19?,24+;/m0./s1. The lowest BCUT2D eigenvalue weighted by atomic mass is 9.73. The van der Waals surface area contributed by atoms with Crippen molar-refractivity contribution in [1.29, 1.82) is 0 Å². The molecule has 35 heavy (non-hydrogen) atoms. The van der Waals surface area contributed by atoms with Gasteiger partial charge in [-0.15, -0.1) is 12.4 Å². The van der Waals surface area contributed by atoms with Crippen molar-refractivity contribution in [1.82, 2.24) is 14.9 Å². The number of H-pyrrole nitrogens is 1. The number of hydrogen-bond acceptors (Lipinski definition) is 6. The molecule has 3 atom stereocenters. The Morgan fingerprint density at radius 2 is 1.86 bits per heavy atom. The molecule has 1 aliphatic carbocycles.